The molecule has 0 atom stereocenters. The van der Waals surface area contributed by atoms with Crippen LogP contribution in [0, 0.1) is 0 Å². The van der Waals surface area contributed by atoms with Crippen molar-refractivity contribution < 1.29 is 4.74 Å². The van der Waals surface area contributed by atoms with Crippen LogP contribution in [0.3, 0.4) is 0 Å². The van der Waals surface area contributed by atoms with Gasteiger partial charge in [0, 0.05) is 11.1 Å². The Morgan fingerprint density at radius 2 is 1.58 bits per heavy atom. The van der Waals surface area contributed by atoms with Crippen LogP contribution in [0.25, 0.3) is 0 Å². The number of para-hydroxylation sites is 3. The van der Waals surface area contributed by atoms with E-state index in [4.69, 9.17) is 10.5 Å². The SMILES string of the molecule is CCCCC(N)(CCCC)c1cccc2c1Oc1ccccc1N2. The average molecular weight is 324 g/mol. The lowest BCUT2D eigenvalue weighted by atomic mass is 9.80. The van der Waals surface area contributed by atoms with E-state index in [0.717, 1.165) is 67.0 Å². The van der Waals surface area contributed by atoms with Crippen molar-refractivity contribution in [3.05, 3.63) is 48.0 Å². The van der Waals surface area contributed by atoms with Gasteiger partial charge in [-0.2, -0.15) is 0 Å². The smallest absolute Gasteiger partial charge is 0.156 e. The molecule has 0 radical (unpaired) electrons. The van der Waals surface area contributed by atoms with E-state index in [1.165, 1.54) is 0 Å². The first-order valence-electron chi connectivity index (χ1n) is 9.14. The third-order valence-electron chi connectivity index (χ3n) is 4.87. The number of hydrogen-bond donors (Lipinski definition) is 2. The summed E-state index contributed by atoms with van der Waals surface area (Å²) in [6, 6.07) is 14.3. The van der Waals surface area contributed by atoms with Crippen LogP contribution >= 0.6 is 0 Å². The van der Waals surface area contributed by atoms with Crippen LogP contribution in [-0.4, -0.2) is 0 Å². The number of benzene rings is 2. The highest BCUT2D eigenvalue weighted by atomic mass is 16.5. The second-order valence-corrected chi connectivity index (χ2v) is 6.77. The van der Waals surface area contributed by atoms with Gasteiger partial charge in [-0.15, -0.1) is 0 Å². The highest BCUT2D eigenvalue weighted by Crippen LogP contribution is 2.47. The van der Waals surface area contributed by atoms with Crippen molar-refractivity contribution in [1.29, 1.82) is 0 Å². The van der Waals surface area contributed by atoms with Crippen molar-refractivity contribution in [2.75, 3.05) is 5.32 Å². The molecule has 2 aromatic carbocycles. The number of rotatable bonds is 7. The summed E-state index contributed by atoms with van der Waals surface area (Å²) in [5, 5.41) is 3.48. The predicted molar refractivity (Wildman–Crippen MR) is 101 cm³/mol. The van der Waals surface area contributed by atoms with Gasteiger partial charge in [0.05, 0.1) is 11.4 Å². The normalized spacial score (nSPS) is 12.8. The first-order valence-corrected chi connectivity index (χ1v) is 9.14. The van der Waals surface area contributed by atoms with Crippen LogP contribution in [0.5, 0.6) is 11.5 Å². The average Bonchev–Trinajstić information content (AvgIpc) is 2.62. The van der Waals surface area contributed by atoms with E-state index in [2.05, 4.69) is 37.4 Å². The molecule has 0 bridgehead atoms. The minimum absolute atomic E-state index is 0.328. The van der Waals surface area contributed by atoms with Crippen molar-refractivity contribution in [2.45, 2.75) is 57.9 Å². The first kappa shape index (κ1) is 16.8. The summed E-state index contributed by atoms with van der Waals surface area (Å²) in [6.07, 6.45) is 6.56. The molecule has 3 heteroatoms. The highest BCUT2D eigenvalue weighted by molar-refractivity contribution is 5.77. The maximum Gasteiger partial charge on any atom is 0.156 e. The summed E-state index contributed by atoms with van der Waals surface area (Å²) < 4.78 is 6.27. The maximum absolute atomic E-state index is 6.93. The topological polar surface area (TPSA) is 47.3 Å². The zero-order valence-corrected chi connectivity index (χ0v) is 14.8. The van der Waals surface area contributed by atoms with Crippen molar-refractivity contribution in [3.63, 3.8) is 0 Å². The molecule has 0 amide bonds. The van der Waals surface area contributed by atoms with Crippen LogP contribution in [-0.2, 0) is 5.54 Å². The molecule has 0 unspecified atom stereocenters. The van der Waals surface area contributed by atoms with E-state index in [9.17, 15) is 0 Å². The number of ether oxygens (including phenoxy) is 1. The zero-order valence-electron chi connectivity index (χ0n) is 14.8. The third-order valence-corrected chi connectivity index (χ3v) is 4.87. The molecule has 0 saturated carbocycles. The Hall–Kier alpha value is -2.00. The molecule has 3 rings (SSSR count). The monoisotopic (exact) mass is 324 g/mol. The molecule has 0 saturated heterocycles. The van der Waals surface area contributed by atoms with Crippen molar-refractivity contribution in [1.82, 2.24) is 0 Å². The van der Waals surface area contributed by atoms with E-state index in [1.54, 1.807) is 0 Å². The Morgan fingerprint density at radius 3 is 2.29 bits per heavy atom. The van der Waals surface area contributed by atoms with Gasteiger partial charge in [0.25, 0.3) is 0 Å². The van der Waals surface area contributed by atoms with Crippen LogP contribution in [0.4, 0.5) is 11.4 Å². The standard InChI is InChI=1S/C21H28N2O/c1-3-5-14-21(22,15-6-4-2)16-10-9-12-18-20(16)24-19-13-8-7-11-17(19)23-18/h7-13,23H,3-6,14-15,22H2,1-2H3. The first-order chi connectivity index (χ1) is 11.7. The Labute approximate surface area is 145 Å². The van der Waals surface area contributed by atoms with E-state index in [-0.39, 0.29) is 5.54 Å². The van der Waals surface area contributed by atoms with E-state index < -0.39 is 0 Å². The molecule has 128 valence electrons. The quantitative estimate of drug-likeness (QED) is 0.554. The van der Waals surface area contributed by atoms with E-state index in [0.29, 0.717) is 0 Å². The minimum Gasteiger partial charge on any atom is -0.453 e. The molecular weight excluding hydrogens is 296 g/mol. The van der Waals surface area contributed by atoms with Gasteiger partial charge in [0.15, 0.2) is 11.5 Å². The number of anilines is 2. The summed E-state index contributed by atoms with van der Waals surface area (Å²) in [7, 11) is 0. The van der Waals surface area contributed by atoms with Gasteiger partial charge in [-0.25, -0.2) is 0 Å². The molecule has 3 nitrogen and oxygen atoms in total. The summed E-state index contributed by atoms with van der Waals surface area (Å²) >= 11 is 0. The number of unbranched alkanes of at least 4 members (excludes halogenated alkanes) is 2. The lowest BCUT2D eigenvalue weighted by molar-refractivity contribution is 0.339. The van der Waals surface area contributed by atoms with Gasteiger partial charge in [-0.3, -0.25) is 0 Å². The van der Waals surface area contributed by atoms with Gasteiger partial charge in [0.1, 0.15) is 0 Å². The molecule has 0 spiro atoms. The van der Waals surface area contributed by atoms with Crippen molar-refractivity contribution in [3.8, 4) is 11.5 Å². The third kappa shape index (κ3) is 3.27. The molecule has 1 heterocycles. The summed E-state index contributed by atoms with van der Waals surface area (Å²) in [5.74, 6) is 1.76. The van der Waals surface area contributed by atoms with Gasteiger partial charge >= 0.3 is 0 Å². The number of nitrogens with one attached hydrogen (secondary N) is 1. The lowest BCUT2D eigenvalue weighted by Crippen LogP contribution is -2.37. The Morgan fingerprint density at radius 1 is 0.917 bits per heavy atom. The fourth-order valence-corrected chi connectivity index (χ4v) is 3.43. The molecule has 1 aliphatic rings. The summed E-state index contributed by atoms with van der Waals surface area (Å²) in [5.41, 5.74) is 9.74. The van der Waals surface area contributed by atoms with Crippen molar-refractivity contribution in [2.24, 2.45) is 5.73 Å². The summed E-state index contributed by atoms with van der Waals surface area (Å²) in [6.45, 7) is 4.43. The van der Waals surface area contributed by atoms with Gasteiger partial charge < -0.3 is 15.8 Å². The number of nitrogens with two attached hydrogens (primary N) is 1. The zero-order chi connectivity index (χ0) is 17.0. The molecule has 3 N–H and O–H groups in total. The van der Waals surface area contributed by atoms with Crippen LogP contribution in [0.1, 0.15) is 57.9 Å². The Balaban J connectivity index is 1.99. The lowest BCUT2D eigenvalue weighted by Gasteiger charge is -2.34. The summed E-state index contributed by atoms with van der Waals surface area (Å²) in [4.78, 5) is 0. The molecule has 0 aromatic heterocycles. The maximum atomic E-state index is 6.93. The molecular formula is C21H28N2O. The molecule has 1 aliphatic heterocycles. The predicted octanol–water partition coefficient (Wildman–Crippen LogP) is 6.07. The molecule has 2 aromatic rings. The minimum atomic E-state index is -0.328. The van der Waals surface area contributed by atoms with E-state index >= 15 is 0 Å². The molecule has 0 fully saturated rings. The highest BCUT2D eigenvalue weighted by Gasteiger charge is 2.32. The van der Waals surface area contributed by atoms with E-state index in [1.807, 2.05) is 24.3 Å². The Bertz CT molecular complexity index is 688. The fraction of sp³-hybridized carbons (Fsp3) is 0.429. The second kappa shape index (κ2) is 7.27. The van der Waals surface area contributed by atoms with Crippen LogP contribution in [0.2, 0.25) is 0 Å². The van der Waals surface area contributed by atoms with Gasteiger partial charge in [-0.1, -0.05) is 63.8 Å². The fourth-order valence-electron chi connectivity index (χ4n) is 3.43. The second-order valence-electron chi connectivity index (χ2n) is 6.77. The molecule has 0 aliphatic carbocycles. The van der Waals surface area contributed by atoms with Gasteiger partial charge in [-0.05, 0) is 31.0 Å². The number of fused-ring (bicyclic) bond motifs is 2. The van der Waals surface area contributed by atoms with Crippen LogP contribution in [0.15, 0.2) is 42.5 Å². The number of hydrogen-bond acceptors (Lipinski definition) is 3. The molecule has 24 heavy (non-hydrogen) atoms. The van der Waals surface area contributed by atoms with Gasteiger partial charge in [0.2, 0.25) is 0 Å². The van der Waals surface area contributed by atoms with Crippen LogP contribution < -0.4 is 15.8 Å². The van der Waals surface area contributed by atoms with Crippen molar-refractivity contribution >= 4 is 11.4 Å². The Kier molecular flexibility index (Phi) is 5.10. The largest absolute Gasteiger partial charge is 0.453 e.